The number of nitrogens with zero attached hydrogens (tertiary/aromatic N) is 2. The van der Waals surface area contributed by atoms with Crippen LogP contribution in [0.3, 0.4) is 0 Å². The summed E-state index contributed by atoms with van der Waals surface area (Å²) >= 11 is 0. The van der Waals surface area contributed by atoms with Crippen molar-refractivity contribution in [3.63, 3.8) is 0 Å². The standard InChI is InChI=1S/C16H16N4O/c17-16(9-4-10-16)15-19-14(21-20-15)13-8-7-12(18-13)11-5-2-1-3-6-11/h1-3,5-8,18H,4,9-10,17H2. The molecule has 0 unspecified atom stereocenters. The minimum atomic E-state index is -0.392. The van der Waals surface area contributed by atoms with Gasteiger partial charge in [0.15, 0.2) is 5.82 Å². The first-order valence-corrected chi connectivity index (χ1v) is 7.12. The lowest BCUT2D eigenvalue weighted by atomic mass is 9.77. The molecule has 1 saturated carbocycles. The Bertz CT molecular complexity index is 755. The second-order valence-electron chi connectivity index (χ2n) is 5.58. The van der Waals surface area contributed by atoms with E-state index < -0.39 is 5.54 Å². The molecule has 2 heterocycles. The highest BCUT2D eigenvalue weighted by atomic mass is 16.5. The summed E-state index contributed by atoms with van der Waals surface area (Å²) in [4.78, 5) is 7.76. The Morgan fingerprint density at radius 1 is 1.05 bits per heavy atom. The minimum absolute atomic E-state index is 0.392. The van der Waals surface area contributed by atoms with Crippen LogP contribution in [0.15, 0.2) is 47.0 Å². The zero-order valence-electron chi connectivity index (χ0n) is 11.5. The van der Waals surface area contributed by atoms with Crippen molar-refractivity contribution in [3.8, 4) is 22.8 Å². The lowest BCUT2D eigenvalue weighted by Gasteiger charge is -2.34. The zero-order chi connectivity index (χ0) is 14.3. The SMILES string of the molecule is NC1(c2noc(-c3ccc(-c4ccccc4)[nH]3)n2)CCC1. The van der Waals surface area contributed by atoms with E-state index in [4.69, 9.17) is 10.3 Å². The predicted octanol–water partition coefficient (Wildman–Crippen LogP) is 3.07. The van der Waals surface area contributed by atoms with Gasteiger partial charge >= 0.3 is 0 Å². The molecule has 1 aromatic carbocycles. The second-order valence-corrected chi connectivity index (χ2v) is 5.58. The third-order valence-electron chi connectivity index (χ3n) is 4.12. The van der Waals surface area contributed by atoms with Gasteiger partial charge in [-0.2, -0.15) is 4.98 Å². The van der Waals surface area contributed by atoms with Gasteiger partial charge in [-0.25, -0.2) is 0 Å². The van der Waals surface area contributed by atoms with Gasteiger partial charge in [-0.05, 0) is 37.0 Å². The molecule has 1 fully saturated rings. The normalized spacial score (nSPS) is 16.6. The summed E-state index contributed by atoms with van der Waals surface area (Å²) in [7, 11) is 0. The van der Waals surface area contributed by atoms with Crippen LogP contribution in [-0.2, 0) is 5.54 Å². The molecular weight excluding hydrogens is 264 g/mol. The van der Waals surface area contributed by atoms with Gasteiger partial charge in [0.2, 0.25) is 0 Å². The van der Waals surface area contributed by atoms with E-state index in [9.17, 15) is 0 Å². The summed E-state index contributed by atoms with van der Waals surface area (Å²) in [5, 5.41) is 4.04. The van der Waals surface area contributed by atoms with Gasteiger partial charge < -0.3 is 15.2 Å². The van der Waals surface area contributed by atoms with E-state index >= 15 is 0 Å². The quantitative estimate of drug-likeness (QED) is 0.772. The Hall–Kier alpha value is -2.40. The van der Waals surface area contributed by atoms with Crippen molar-refractivity contribution in [1.29, 1.82) is 0 Å². The molecule has 0 bridgehead atoms. The molecule has 106 valence electrons. The summed E-state index contributed by atoms with van der Waals surface area (Å²) in [6.07, 6.45) is 2.97. The van der Waals surface area contributed by atoms with Crippen molar-refractivity contribution in [2.45, 2.75) is 24.8 Å². The van der Waals surface area contributed by atoms with Gasteiger partial charge in [0.05, 0.1) is 5.54 Å². The zero-order valence-corrected chi connectivity index (χ0v) is 11.5. The molecule has 21 heavy (non-hydrogen) atoms. The maximum Gasteiger partial charge on any atom is 0.274 e. The summed E-state index contributed by atoms with van der Waals surface area (Å²) in [5.41, 5.74) is 8.79. The van der Waals surface area contributed by atoms with E-state index in [2.05, 4.69) is 27.3 Å². The van der Waals surface area contributed by atoms with E-state index in [1.54, 1.807) is 0 Å². The highest BCUT2D eigenvalue weighted by molar-refractivity contribution is 5.64. The fraction of sp³-hybridized carbons (Fsp3) is 0.250. The van der Waals surface area contributed by atoms with Crippen molar-refractivity contribution in [2.24, 2.45) is 5.73 Å². The van der Waals surface area contributed by atoms with E-state index in [1.807, 2.05) is 30.3 Å². The van der Waals surface area contributed by atoms with Crippen molar-refractivity contribution >= 4 is 0 Å². The predicted molar refractivity (Wildman–Crippen MR) is 79.2 cm³/mol. The molecular formula is C16H16N4O. The average Bonchev–Trinajstić information content (AvgIpc) is 3.14. The lowest BCUT2D eigenvalue weighted by Crippen LogP contribution is -2.44. The summed E-state index contributed by atoms with van der Waals surface area (Å²) in [6, 6.07) is 14.1. The Kier molecular flexibility index (Phi) is 2.68. The highest BCUT2D eigenvalue weighted by Gasteiger charge is 2.39. The van der Waals surface area contributed by atoms with Crippen LogP contribution in [0.1, 0.15) is 25.1 Å². The maximum absolute atomic E-state index is 6.22. The molecule has 2 aromatic heterocycles. The largest absolute Gasteiger partial charge is 0.351 e. The highest BCUT2D eigenvalue weighted by Crippen LogP contribution is 2.37. The maximum atomic E-state index is 6.22. The smallest absolute Gasteiger partial charge is 0.274 e. The summed E-state index contributed by atoms with van der Waals surface area (Å²) < 4.78 is 5.35. The Morgan fingerprint density at radius 3 is 2.52 bits per heavy atom. The van der Waals surface area contributed by atoms with Crippen molar-refractivity contribution in [3.05, 3.63) is 48.3 Å². The molecule has 0 amide bonds. The van der Waals surface area contributed by atoms with Crippen LogP contribution in [0.4, 0.5) is 0 Å². The topological polar surface area (TPSA) is 80.7 Å². The van der Waals surface area contributed by atoms with Gasteiger partial charge in [0.1, 0.15) is 5.69 Å². The summed E-state index contributed by atoms with van der Waals surface area (Å²) in [6.45, 7) is 0. The van der Waals surface area contributed by atoms with Gasteiger partial charge in [-0.3, -0.25) is 0 Å². The Balaban J connectivity index is 1.64. The molecule has 3 aromatic rings. The first-order valence-electron chi connectivity index (χ1n) is 7.12. The number of rotatable bonds is 3. The van der Waals surface area contributed by atoms with Crippen molar-refractivity contribution in [1.82, 2.24) is 15.1 Å². The molecule has 1 aliphatic rings. The van der Waals surface area contributed by atoms with Crippen LogP contribution in [-0.4, -0.2) is 15.1 Å². The first kappa shape index (κ1) is 12.3. The van der Waals surface area contributed by atoms with Crippen LogP contribution >= 0.6 is 0 Å². The van der Waals surface area contributed by atoms with Gasteiger partial charge in [-0.15, -0.1) is 0 Å². The van der Waals surface area contributed by atoms with Crippen LogP contribution in [0.25, 0.3) is 22.8 Å². The third kappa shape index (κ3) is 2.06. The molecule has 0 atom stereocenters. The van der Waals surface area contributed by atoms with Crippen LogP contribution < -0.4 is 5.73 Å². The van der Waals surface area contributed by atoms with E-state index in [0.717, 1.165) is 36.2 Å². The van der Waals surface area contributed by atoms with Gasteiger partial charge in [0, 0.05) is 5.69 Å². The lowest BCUT2D eigenvalue weighted by molar-refractivity contribution is 0.229. The minimum Gasteiger partial charge on any atom is -0.351 e. The molecule has 0 saturated heterocycles. The molecule has 3 N–H and O–H groups in total. The van der Waals surface area contributed by atoms with Crippen LogP contribution in [0.2, 0.25) is 0 Å². The molecule has 5 nitrogen and oxygen atoms in total. The molecule has 0 radical (unpaired) electrons. The number of nitrogens with two attached hydrogens (primary N) is 1. The fourth-order valence-corrected chi connectivity index (χ4v) is 2.62. The first-order chi connectivity index (χ1) is 10.2. The fourth-order valence-electron chi connectivity index (χ4n) is 2.62. The van der Waals surface area contributed by atoms with E-state index in [1.165, 1.54) is 0 Å². The average molecular weight is 280 g/mol. The van der Waals surface area contributed by atoms with Gasteiger partial charge in [0.25, 0.3) is 5.89 Å². The molecule has 5 heteroatoms. The molecule has 0 aliphatic heterocycles. The summed E-state index contributed by atoms with van der Waals surface area (Å²) in [5.74, 6) is 1.10. The van der Waals surface area contributed by atoms with Crippen molar-refractivity contribution in [2.75, 3.05) is 0 Å². The number of nitrogens with one attached hydrogen (secondary N) is 1. The molecule has 4 rings (SSSR count). The monoisotopic (exact) mass is 280 g/mol. The number of hydrogen-bond acceptors (Lipinski definition) is 4. The van der Waals surface area contributed by atoms with Crippen LogP contribution in [0, 0.1) is 0 Å². The third-order valence-corrected chi connectivity index (χ3v) is 4.12. The number of hydrogen-bond donors (Lipinski definition) is 2. The second kappa shape index (κ2) is 4.56. The van der Waals surface area contributed by atoms with Gasteiger partial charge in [-0.1, -0.05) is 35.5 Å². The number of aromatic nitrogens is 3. The number of benzene rings is 1. The van der Waals surface area contributed by atoms with Crippen LogP contribution in [0.5, 0.6) is 0 Å². The van der Waals surface area contributed by atoms with E-state index in [0.29, 0.717) is 11.7 Å². The number of H-pyrrole nitrogens is 1. The molecule has 0 spiro atoms. The Labute approximate surface area is 122 Å². The van der Waals surface area contributed by atoms with Crippen molar-refractivity contribution < 1.29 is 4.52 Å². The molecule has 1 aliphatic carbocycles. The Morgan fingerprint density at radius 2 is 1.81 bits per heavy atom. The van der Waals surface area contributed by atoms with E-state index in [-0.39, 0.29) is 0 Å². The number of aromatic amines is 1.